The van der Waals surface area contributed by atoms with Gasteiger partial charge in [-0.2, -0.15) is 0 Å². The molecule has 0 aliphatic carbocycles. The second-order valence-electron chi connectivity index (χ2n) is 20.1. The van der Waals surface area contributed by atoms with Crippen molar-refractivity contribution in [1.82, 2.24) is 29.1 Å². The van der Waals surface area contributed by atoms with Crippen LogP contribution in [-0.4, -0.2) is 41.2 Å². The largest absolute Gasteiger partial charge is 0.457 e. The van der Waals surface area contributed by atoms with Gasteiger partial charge in [-0.15, -0.1) is 0 Å². The van der Waals surface area contributed by atoms with Crippen molar-refractivity contribution in [3.05, 3.63) is 222 Å². The lowest BCUT2D eigenvalue weighted by Crippen LogP contribution is -2.12. The Balaban J connectivity index is 0.000000153. The Morgan fingerprint density at radius 3 is 1.46 bits per heavy atom. The Bertz CT molecular complexity index is 4080. The van der Waals surface area contributed by atoms with E-state index >= 15 is 0 Å². The number of nitrogens with zero attached hydrogens (tertiary/aromatic N) is 6. The predicted molar refractivity (Wildman–Crippen MR) is 328 cm³/mol. The van der Waals surface area contributed by atoms with Crippen LogP contribution in [0, 0.1) is 27.7 Å². The van der Waals surface area contributed by atoms with Crippen LogP contribution >= 0.6 is 11.6 Å². The molecule has 0 aliphatic rings. The van der Waals surface area contributed by atoms with Crippen molar-refractivity contribution in [2.45, 2.75) is 67.5 Å². The monoisotopic (exact) mass is 1060 g/mol. The molecule has 6 aromatic heterocycles. The first-order chi connectivity index (χ1) is 38.2. The van der Waals surface area contributed by atoms with E-state index in [0.717, 1.165) is 113 Å². The molecule has 0 saturated carbocycles. The highest BCUT2D eigenvalue weighted by Gasteiger charge is 2.17. The molecule has 396 valence electrons. The van der Waals surface area contributed by atoms with Crippen molar-refractivity contribution in [3.63, 3.8) is 0 Å². The lowest BCUT2D eigenvalue weighted by atomic mass is 10.1. The smallest absolute Gasteiger partial charge is 0.154 e. The zero-order valence-electron chi connectivity index (χ0n) is 45.6. The maximum absolute atomic E-state index is 6.44. The molecule has 13 heteroatoms. The average Bonchev–Trinajstić information content (AvgIpc) is 4.18. The number of hydrogen-bond acceptors (Lipinski definition) is 10. The molecule has 0 unspecified atom stereocenters. The molecule has 0 aliphatic heterocycles. The summed E-state index contributed by atoms with van der Waals surface area (Å²) in [6, 6.07) is 61.6. The summed E-state index contributed by atoms with van der Waals surface area (Å²) in [5.74, 6) is 5.56. The van der Waals surface area contributed by atoms with Crippen LogP contribution in [0.3, 0.4) is 0 Å². The lowest BCUT2D eigenvalue weighted by Gasteiger charge is -2.17. The normalized spacial score (nSPS) is 11.1. The molecular weight excluding hydrogens is 1000 g/mol. The van der Waals surface area contributed by atoms with Crippen LogP contribution in [0.15, 0.2) is 194 Å². The SMILES string of the molecule is Cc1cc(N)cc(Oc2ccc3c4ccccc4n(-c4ccccn4)c3c2)c1.Cc1cc(Nc2nc(C)ccc2NC(C)C)cc(Oc2ccc3c4ccccc4n(-c4ccccn4)c3c2)c1.Cc1ccc(NC(C)C)c(Cl)n1. The molecule has 6 aromatic carbocycles. The van der Waals surface area contributed by atoms with E-state index in [4.69, 9.17) is 31.8 Å². The van der Waals surface area contributed by atoms with Gasteiger partial charge in [0.15, 0.2) is 11.0 Å². The first kappa shape index (κ1) is 53.0. The molecule has 12 rings (SSSR count). The van der Waals surface area contributed by atoms with E-state index in [-0.39, 0.29) is 0 Å². The summed E-state index contributed by atoms with van der Waals surface area (Å²) in [5, 5.41) is 15.4. The van der Waals surface area contributed by atoms with E-state index in [0.29, 0.717) is 22.9 Å². The number of ether oxygens (including phenoxy) is 2. The number of nitrogens with one attached hydrogen (secondary N) is 3. The van der Waals surface area contributed by atoms with Gasteiger partial charge in [-0.3, -0.25) is 9.13 Å². The molecule has 0 atom stereocenters. The summed E-state index contributed by atoms with van der Waals surface area (Å²) >= 11 is 5.90. The van der Waals surface area contributed by atoms with Crippen LogP contribution in [0.5, 0.6) is 23.0 Å². The van der Waals surface area contributed by atoms with Gasteiger partial charge in [0.05, 0.1) is 33.4 Å². The summed E-state index contributed by atoms with van der Waals surface area (Å²) in [6.07, 6.45) is 3.63. The molecule has 0 saturated heterocycles. The quantitative estimate of drug-likeness (QED) is 0.0690. The average molecular weight is 1060 g/mol. The fourth-order valence-electron chi connectivity index (χ4n) is 9.64. The first-order valence-corrected chi connectivity index (χ1v) is 26.8. The standard InChI is InChI=1S/C33H31N5O.C24H19N3O.C9H13ClN2/c1-21(2)35-29-15-12-23(4)36-33(29)37-24-17-22(3)18-26(19-24)39-25-13-14-28-27-9-5-6-10-30(27)38(31(28)20-25)32-11-7-8-16-34-32;1-16-12-17(25)14-19(13-16)28-18-9-10-21-20-6-2-3-7-22(20)27(23(21)15-18)24-8-4-5-11-26-24;1-6(2)11-8-5-4-7(3)12-9(8)10/h5-21,35H,1-4H3,(H,36,37);2-15H,25H2,1H3;4-6,11H,1-3H3. The van der Waals surface area contributed by atoms with Gasteiger partial charge in [0.1, 0.15) is 34.6 Å². The molecular formula is C66H63ClN10O2. The Kier molecular flexibility index (Phi) is 15.8. The van der Waals surface area contributed by atoms with Gasteiger partial charge in [0.25, 0.3) is 0 Å². The summed E-state index contributed by atoms with van der Waals surface area (Å²) in [7, 11) is 0. The molecule has 12 nitrogen and oxygen atoms in total. The number of fused-ring (bicyclic) bond motifs is 6. The number of rotatable bonds is 12. The summed E-state index contributed by atoms with van der Waals surface area (Å²) < 4.78 is 16.9. The highest BCUT2D eigenvalue weighted by atomic mass is 35.5. The highest BCUT2D eigenvalue weighted by molar-refractivity contribution is 6.32. The second kappa shape index (κ2) is 23.5. The zero-order chi connectivity index (χ0) is 55.2. The Morgan fingerprint density at radius 1 is 0.456 bits per heavy atom. The van der Waals surface area contributed by atoms with Gasteiger partial charge in [-0.1, -0.05) is 60.1 Å². The van der Waals surface area contributed by atoms with Gasteiger partial charge >= 0.3 is 0 Å². The van der Waals surface area contributed by atoms with Crippen LogP contribution in [0.2, 0.25) is 5.15 Å². The van der Waals surface area contributed by atoms with Crippen molar-refractivity contribution in [1.29, 1.82) is 0 Å². The van der Waals surface area contributed by atoms with Gasteiger partial charge in [-0.25, -0.2) is 19.9 Å². The number of aromatic nitrogens is 6. The highest BCUT2D eigenvalue weighted by Crippen LogP contribution is 2.38. The van der Waals surface area contributed by atoms with E-state index < -0.39 is 0 Å². The Labute approximate surface area is 465 Å². The molecule has 5 N–H and O–H groups in total. The lowest BCUT2D eigenvalue weighted by molar-refractivity contribution is 0.483. The first-order valence-electron chi connectivity index (χ1n) is 26.4. The summed E-state index contributed by atoms with van der Waals surface area (Å²) in [6.45, 7) is 16.4. The number of nitrogen functional groups attached to an aromatic ring is 1. The molecule has 0 amide bonds. The third-order valence-corrected chi connectivity index (χ3v) is 13.1. The van der Waals surface area contributed by atoms with Crippen molar-refractivity contribution in [2.24, 2.45) is 0 Å². The number of halogens is 1. The van der Waals surface area contributed by atoms with E-state index in [2.05, 4.69) is 154 Å². The fourth-order valence-corrected chi connectivity index (χ4v) is 9.89. The number of pyridine rings is 4. The summed E-state index contributed by atoms with van der Waals surface area (Å²) in [4.78, 5) is 18.1. The van der Waals surface area contributed by atoms with Crippen molar-refractivity contribution in [2.75, 3.05) is 21.7 Å². The van der Waals surface area contributed by atoms with Gasteiger partial charge in [0, 0.05) is 93.1 Å². The van der Waals surface area contributed by atoms with E-state index in [1.54, 1.807) is 0 Å². The van der Waals surface area contributed by atoms with Gasteiger partial charge in [0.2, 0.25) is 0 Å². The molecule has 0 radical (unpaired) electrons. The Hall–Kier alpha value is -9.39. The molecule has 12 aromatic rings. The molecule has 6 heterocycles. The van der Waals surface area contributed by atoms with Crippen LogP contribution < -0.4 is 31.2 Å². The fraction of sp³-hybridized carbons (Fsp3) is 0.152. The van der Waals surface area contributed by atoms with Crippen molar-refractivity contribution in [3.8, 4) is 34.6 Å². The molecule has 0 bridgehead atoms. The maximum atomic E-state index is 6.44. The van der Waals surface area contributed by atoms with Crippen LogP contribution in [-0.2, 0) is 0 Å². The molecule has 79 heavy (non-hydrogen) atoms. The maximum Gasteiger partial charge on any atom is 0.154 e. The number of para-hydroxylation sites is 2. The third kappa shape index (κ3) is 12.4. The topological polar surface area (TPSA) is 142 Å². The van der Waals surface area contributed by atoms with E-state index in [1.165, 1.54) is 10.8 Å². The zero-order valence-corrected chi connectivity index (χ0v) is 46.3. The van der Waals surface area contributed by atoms with Crippen LogP contribution in [0.25, 0.3) is 55.2 Å². The number of benzene rings is 6. The second-order valence-corrected chi connectivity index (χ2v) is 20.5. The summed E-state index contributed by atoms with van der Waals surface area (Å²) in [5.41, 5.74) is 17.8. The number of aryl methyl sites for hydroxylation is 4. The van der Waals surface area contributed by atoms with Crippen LogP contribution in [0.4, 0.5) is 28.6 Å². The van der Waals surface area contributed by atoms with Crippen LogP contribution in [0.1, 0.15) is 50.2 Å². The molecule has 0 fully saturated rings. The number of anilines is 5. The van der Waals surface area contributed by atoms with Crippen molar-refractivity contribution >= 4 is 83.8 Å². The Morgan fingerprint density at radius 2 is 0.937 bits per heavy atom. The minimum absolute atomic E-state index is 0.294. The third-order valence-electron chi connectivity index (χ3n) is 12.8. The van der Waals surface area contributed by atoms with Crippen molar-refractivity contribution < 1.29 is 9.47 Å². The van der Waals surface area contributed by atoms with Gasteiger partial charge in [-0.05, 0) is 176 Å². The van der Waals surface area contributed by atoms with E-state index in [9.17, 15) is 0 Å². The predicted octanol–water partition coefficient (Wildman–Crippen LogP) is 17.3. The minimum atomic E-state index is 0.294. The molecule has 0 spiro atoms. The number of hydrogen-bond donors (Lipinski definition) is 4. The van der Waals surface area contributed by atoms with Gasteiger partial charge < -0.3 is 31.2 Å². The number of nitrogens with two attached hydrogens (primary N) is 1. The van der Waals surface area contributed by atoms with E-state index in [1.807, 2.05) is 136 Å². The minimum Gasteiger partial charge on any atom is -0.457 e.